The molecule has 196 valence electrons. The zero-order valence-corrected chi connectivity index (χ0v) is 24.0. The molecule has 0 saturated heterocycles. The van der Waals surface area contributed by atoms with E-state index < -0.39 is 10.0 Å². The first-order chi connectivity index (χ1) is 19.0. The molecule has 0 atom stereocenters. The van der Waals surface area contributed by atoms with E-state index in [4.69, 9.17) is 0 Å². The van der Waals surface area contributed by atoms with Crippen LogP contribution in [0.25, 0.3) is 22.3 Å². The van der Waals surface area contributed by atoms with Crippen molar-refractivity contribution in [2.45, 2.75) is 16.7 Å². The Labute approximate surface area is 236 Å². The molecule has 1 aliphatic rings. The van der Waals surface area contributed by atoms with E-state index in [9.17, 15) is 0 Å². The minimum Gasteiger partial charge on any atom is -0.310 e. The number of fused-ring (bicyclic) bond motifs is 3. The minimum atomic E-state index is -1.08. The quantitative estimate of drug-likeness (QED) is 0.216. The zero-order valence-electron chi connectivity index (χ0n) is 23.2. The normalized spacial score (nSPS) is 13.9. The molecule has 0 fully saturated rings. The Bertz CT molecular complexity index is 1530. The van der Waals surface area contributed by atoms with Gasteiger partial charge in [0, 0.05) is 26.7 Å². The third-order valence-electron chi connectivity index (χ3n) is 6.88. The number of anilines is 2. The number of benzene rings is 4. The van der Waals surface area contributed by atoms with Crippen molar-refractivity contribution in [2.75, 3.05) is 17.4 Å². The third-order valence-corrected chi connectivity index (χ3v) is 9.77. The average Bonchev–Trinajstić information content (AvgIpc) is 3.21. The van der Waals surface area contributed by atoms with E-state index in [1.54, 1.807) is 12.2 Å². The van der Waals surface area contributed by atoms with Crippen LogP contribution >= 0.6 is 10.0 Å². The molecule has 0 spiro atoms. The number of rotatable bonds is 7. The second kappa shape index (κ2) is 12.5. The molecule has 0 amide bonds. The van der Waals surface area contributed by atoms with Crippen LogP contribution in [0.4, 0.5) is 11.4 Å². The molecule has 0 saturated carbocycles. The lowest BCUT2D eigenvalue weighted by Gasteiger charge is -2.32. The lowest BCUT2D eigenvalue weighted by molar-refractivity contribution is 1.19. The fourth-order valence-corrected chi connectivity index (χ4v) is 7.53. The van der Waals surface area contributed by atoms with Gasteiger partial charge in [0.2, 0.25) is 0 Å². The van der Waals surface area contributed by atoms with Crippen molar-refractivity contribution < 1.29 is 0 Å². The maximum Gasteiger partial charge on any atom is 0.0539 e. The lowest BCUT2D eigenvalue weighted by atomic mass is 10.0. The highest BCUT2D eigenvalue weighted by molar-refractivity contribution is 8.33. The Hall–Kier alpha value is -4.27. The molecule has 1 aliphatic heterocycles. The van der Waals surface area contributed by atoms with Gasteiger partial charge >= 0.3 is 0 Å². The van der Waals surface area contributed by atoms with Gasteiger partial charge in [0.25, 0.3) is 0 Å². The molecule has 0 radical (unpaired) electrons. The highest BCUT2D eigenvalue weighted by atomic mass is 32.3. The Balaban J connectivity index is 0.000000531. The number of hydrogen-bond acceptors (Lipinski definition) is 1. The molecule has 4 aromatic rings. The van der Waals surface area contributed by atoms with Crippen molar-refractivity contribution in [3.63, 3.8) is 0 Å². The Kier molecular flexibility index (Phi) is 8.91. The van der Waals surface area contributed by atoms with Crippen molar-refractivity contribution in [2.24, 2.45) is 0 Å². The number of hydrogen-bond donors (Lipinski definition) is 0. The summed E-state index contributed by atoms with van der Waals surface area (Å²) >= 11 is 0. The second-order valence-corrected chi connectivity index (χ2v) is 13.0. The smallest absolute Gasteiger partial charge is 0.0539 e. The Morgan fingerprint density at radius 3 is 1.90 bits per heavy atom. The largest absolute Gasteiger partial charge is 0.310 e. The van der Waals surface area contributed by atoms with Crippen LogP contribution in [0.1, 0.15) is 6.92 Å². The zero-order chi connectivity index (χ0) is 27.8. The summed E-state index contributed by atoms with van der Waals surface area (Å²) in [7, 11) is -1.08. The predicted octanol–water partition coefficient (Wildman–Crippen LogP) is 11.0. The van der Waals surface area contributed by atoms with Crippen LogP contribution in [0.15, 0.2) is 169 Å². The van der Waals surface area contributed by atoms with Crippen LogP contribution in [0.5, 0.6) is 0 Å². The molecule has 1 nitrogen and oxygen atoms in total. The summed E-state index contributed by atoms with van der Waals surface area (Å²) in [6, 6.07) is 35.1. The fraction of sp³-hybridized carbons (Fsp3) is 0.0811. The minimum absolute atomic E-state index is 1.07. The Morgan fingerprint density at radius 2 is 1.26 bits per heavy atom. The topological polar surface area (TPSA) is 3.24 Å². The predicted molar refractivity (Wildman–Crippen MR) is 175 cm³/mol. The van der Waals surface area contributed by atoms with Crippen LogP contribution in [0.3, 0.4) is 0 Å². The van der Waals surface area contributed by atoms with Gasteiger partial charge in [-0.05, 0) is 66.5 Å². The molecule has 39 heavy (non-hydrogen) atoms. The van der Waals surface area contributed by atoms with E-state index in [0.717, 1.165) is 11.4 Å². The second-order valence-electron chi connectivity index (χ2n) is 9.50. The maximum absolute atomic E-state index is 4.13. The van der Waals surface area contributed by atoms with E-state index in [-0.39, 0.29) is 0 Å². The molecule has 0 unspecified atom stereocenters. The summed E-state index contributed by atoms with van der Waals surface area (Å²) in [4.78, 5) is 5.26. The molecule has 2 heteroatoms. The molecule has 1 heterocycles. The van der Waals surface area contributed by atoms with Crippen molar-refractivity contribution in [1.82, 2.24) is 0 Å². The first-order valence-corrected chi connectivity index (χ1v) is 15.5. The molecule has 0 N–H and O–H groups in total. The van der Waals surface area contributed by atoms with Gasteiger partial charge in [-0.25, -0.2) is 0 Å². The number of allylic oxidation sites excluding steroid dienone is 6. The molecule has 0 aliphatic carbocycles. The maximum atomic E-state index is 4.13. The van der Waals surface area contributed by atoms with E-state index in [1.165, 1.54) is 37.7 Å². The summed E-state index contributed by atoms with van der Waals surface area (Å²) in [6.45, 7) is 13.1. The Morgan fingerprint density at radius 1 is 0.667 bits per heavy atom. The summed E-state index contributed by atoms with van der Waals surface area (Å²) in [6.07, 6.45) is 16.0. The summed E-state index contributed by atoms with van der Waals surface area (Å²) in [5.41, 5.74) is 8.54. The number of para-hydroxylation sites is 1. The van der Waals surface area contributed by atoms with Crippen molar-refractivity contribution >= 4 is 21.4 Å². The van der Waals surface area contributed by atoms with Crippen LogP contribution < -0.4 is 4.90 Å². The van der Waals surface area contributed by atoms with Crippen molar-refractivity contribution in [3.05, 3.63) is 159 Å². The van der Waals surface area contributed by atoms with Gasteiger partial charge in [-0.15, -0.1) is 0 Å². The first-order valence-electron chi connectivity index (χ1n) is 13.1. The third kappa shape index (κ3) is 5.62. The van der Waals surface area contributed by atoms with E-state index in [0.29, 0.717) is 0 Å². The van der Waals surface area contributed by atoms with Gasteiger partial charge in [0.1, 0.15) is 0 Å². The van der Waals surface area contributed by atoms with Crippen molar-refractivity contribution in [1.29, 1.82) is 0 Å². The standard InChI is InChI=1S/C31H29NS.C6H8/c1-5-24(6-2)32(29-18-12-10-16-26(29)23-14-8-7-9-15-23)25-20-21-28-27-17-11-13-19-30(27)33(3,4)31(28)22-25;1-3-5-6-4-2/h5-22H,1H2,2-4H3;3-6H,1-2H2/b24-6+;6-5-. The molecule has 4 aromatic carbocycles. The SMILES string of the molecule is C=C/C(=C\C)N(c1ccc2c(c1)S(C)(C)c1ccccc1-2)c1ccccc1-c1ccccc1.C=C/C=C\C=C. The molecular weight excluding hydrogens is 490 g/mol. The summed E-state index contributed by atoms with van der Waals surface area (Å²) in [5.74, 6) is 0. The van der Waals surface area contributed by atoms with E-state index in [1.807, 2.05) is 18.2 Å². The van der Waals surface area contributed by atoms with Crippen LogP contribution in [-0.4, -0.2) is 12.5 Å². The van der Waals surface area contributed by atoms with Crippen LogP contribution in [0.2, 0.25) is 0 Å². The summed E-state index contributed by atoms with van der Waals surface area (Å²) in [5, 5.41) is 0. The highest BCUT2D eigenvalue weighted by Crippen LogP contribution is 2.67. The summed E-state index contributed by atoms with van der Waals surface area (Å²) < 4.78 is 0. The van der Waals surface area contributed by atoms with Gasteiger partial charge in [-0.2, -0.15) is 10.0 Å². The van der Waals surface area contributed by atoms with E-state index in [2.05, 4.69) is 147 Å². The van der Waals surface area contributed by atoms with Gasteiger partial charge in [0.05, 0.1) is 5.69 Å². The van der Waals surface area contributed by atoms with Crippen LogP contribution in [-0.2, 0) is 0 Å². The highest BCUT2D eigenvalue weighted by Gasteiger charge is 2.32. The van der Waals surface area contributed by atoms with Gasteiger partial charge in [-0.3, -0.25) is 0 Å². The monoisotopic (exact) mass is 527 g/mol. The molecule has 0 bridgehead atoms. The van der Waals surface area contributed by atoms with Gasteiger partial charge in [0.15, 0.2) is 0 Å². The van der Waals surface area contributed by atoms with Crippen molar-refractivity contribution in [3.8, 4) is 22.3 Å². The lowest BCUT2D eigenvalue weighted by Crippen LogP contribution is -2.16. The number of nitrogens with zero attached hydrogens (tertiary/aromatic N) is 1. The average molecular weight is 528 g/mol. The molecular formula is C37H37NS. The van der Waals surface area contributed by atoms with Gasteiger partial charge < -0.3 is 4.90 Å². The van der Waals surface area contributed by atoms with Gasteiger partial charge in [-0.1, -0.05) is 123 Å². The molecule has 5 rings (SSSR count). The fourth-order valence-electron chi connectivity index (χ4n) is 5.00. The van der Waals surface area contributed by atoms with E-state index >= 15 is 0 Å². The first kappa shape index (κ1) is 27.8. The molecule has 0 aromatic heterocycles. The van der Waals surface area contributed by atoms with Crippen LogP contribution in [0, 0.1) is 0 Å².